The van der Waals surface area contributed by atoms with Crippen LogP contribution < -0.4 is 19.8 Å². The lowest BCUT2D eigenvalue weighted by Gasteiger charge is -2.46. The molecule has 4 nitrogen and oxygen atoms in total. The highest BCUT2D eigenvalue weighted by Gasteiger charge is 2.21. The zero-order valence-corrected chi connectivity index (χ0v) is 9.66. The summed E-state index contributed by atoms with van der Waals surface area (Å²) in [6.45, 7) is 3.37. The van der Waals surface area contributed by atoms with Gasteiger partial charge in [0, 0.05) is 5.54 Å². The van der Waals surface area contributed by atoms with E-state index in [2.05, 4.69) is 5.09 Å². The average Bonchev–Trinajstić information content (AvgIpc) is 1.99. The minimum Gasteiger partial charge on any atom is -0.673 e. The van der Waals surface area contributed by atoms with Crippen LogP contribution in [0.15, 0.2) is 30.3 Å². The lowest BCUT2D eigenvalue weighted by atomic mass is 9.96. The van der Waals surface area contributed by atoms with Crippen LogP contribution in [-0.4, -0.2) is 5.54 Å². The van der Waals surface area contributed by atoms with Gasteiger partial charge in [-0.15, -0.1) is 0 Å². The number of rotatable bonds is 4. The van der Waals surface area contributed by atoms with Gasteiger partial charge in [0.1, 0.15) is 0 Å². The zero-order chi connectivity index (χ0) is 11.5. The molecule has 0 fully saturated rings. The van der Waals surface area contributed by atoms with E-state index < -0.39 is 13.6 Å². The fraction of sp³-hybridized carbons (Fsp3) is 0.400. The van der Waals surface area contributed by atoms with Crippen molar-refractivity contribution < 1.29 is 14.7 Å². The van der Waals surface area contributed by atoms with Gasteiger partial charge in [-0.25, -0.2) is 5.09 Å². The average molecular weight is 227 g/mol. The summed E-state index contributed by atoms with van der Waals surface area (Å²) in [4.78, 5) is 31.8. The van der Waals surface area contributed by atoms with E-state index in [4.69, 9.17) is 0 Å². The van der Waals surface area contributed by atoms with Crippen LogP contribution in [0.1, 0.15) is 19.4 Å². The Morgan fingerprint density at radius 2 is 1.67 bits per heavy atom. The Hall–Kier alpha value is -0.510. The second kappa shape index (κ2) is 4.56. The molecule has 0 aliphatic carbocycles. The van der Waals surface area contributed by atoms with Crippen molar-refractivity contribution in [2.45, 2.75) is 25.8 Å². The Bertz CT molecular complexity index is 308. The van der Waals surface area contributed by atoms with Gasteiger partial charge in [0.25, 0.3) is 0 Å². The molecule has 0 saturated carbocycles. The van der Waals surface area contributed by atoms with Crippen LogP contribution >= 0.6 is 8.09 Å². The van der Waals surface area contributed by atoms with E-state index in [9.17, 15) is 14.7 Å². The van der Waals surface area contributed by atoms with Crippen LogP contribution in [-0.2, 0) is 6.42 Å². The van der Waals surface area contributed by atoms with E-state index >= 15 is 0 Å². The van der Waals surface area contributed by atoms with Crippen molar-refractivity contribution in [2.75, 3.05) is 0 Å². The molecule has 1 aromatic carbocycles. The molecule has 1 N–H and O–H groups in total. The first-order chi connectivity index (χ1) is 6.79. The molecular formula is C10H14NO3P-2. The molecule has 0 amide bonds. The van der Waals surface area contributed by atoms with Gasteiger partial charge in [0.15, 0.2) is 0 Å². The maximum Gasteiger partial charge on any atom is 0.0498 e. The summed E-state index contributed by atoms with van der Waals surface area (Å²) in [6.07, 6.45) is 0.488. The fourth-order valence-electron chi connectivity index (χ4n) is 1.52. The normalized spacial score (nSPS) is 12.9. The monoisotopic (exact) mass is 227 g/mol. The minimum absolute atomic E-state index is 0.488. The number of benzene rings is 1. The molecule has 0 aliphatic rings. The van der Waals surface area contributed by atoms with Gasteiger partial charge in [-0.05, 0) is 25.8 Å². The quantitative estimate of drug-likeness (QED) is 0.693. The second-order valence-corrected chi connectivity index (χ2v) is 5.37. The van der Waals surface area contributed by atoms with Crippen molar-refractivity contribution in [3.63, 3.8) is 0 Å². The third-order valence-electron chi connectivity index (χ3n) is 1.93. The van der Waals surface area contributed by atoms with Gasteiger partial charge >= 0.3 is 0 Å². The molecule has 0 bridgehead atoms. The Kier molecular flexibility index (Phi) is 3.82. The first kappa shape index (κ1) is 12.6. The third kappa shape index (κ3) is 5.21. The standard InChI is InChI=1S/C10H16NO3P/c1-10(2,11-15(12,13)14)8-9-6-4-3-5-7-9/h3-7H,8H2,1-2H3,(H3,11,12,13,14)/p-2. The van der Waals surface area contributed by atoms with Crippen molar-refractivity contribution in [1.82, 2.24) is 5.09 Å². The Morgan fingerprint density at radius 3 is 2.13 bits per heavy atom. The summed E-state index contributed by atoms with van der Waals surface area (Å²) in [5.74, 6) is 0. The largest absolute Gasteiger partial charge is 0.673 e. The first-order valence-electron chi connectivity index (χ1n) is 4.64. The molecule has 0 aliphatic heterocycles. The summed E-state index contributed by atoms with van der Waals surface area (Å²) in [6, 6.07) is 9.42. The van der Waals surface area contributed by atoms with E-state index in [1.165, 1.54) is 0 Å². The number of hydrogen-bond acceptors (Lipinski definition) is 4. The van der Waals surface area contributed by atoms with Crippen LogP contribution in [0.5, 0.6) is 0 Å². The summed E-state index contributed by atoms with van der Waals surface area (Å²) in [5.41, 5.74) is 0.240. The van der Waals surface area contributed by atoms with Crippen molar-refractivity contribution in [2.24, 2.45) is 0 Å². The molecular weight excluding hydrogens is 213 g/mol. The van der Waals surface area contributed by atoms with Crippen molar-refractivity contribution in [1.29, 1.82) is 0 Å². The number of hydrogen-bond donors (Lipinski definition) is 1. The maximum absolute atomic E-state index is 10.6. The van der Waals surface area contributed by atoms with Crippen molar-refractivity contribution in [3.05, 3.63) is 35.9 Å². The van der Waals surface area contributed by atoms with Crippen LogP contribution in [0.2, 0.25) is 0 Å². The van der Waals surface area contributed by atoms with Crippen LogP contribution in [0.25, 0.3) is 0 Å². The Morgan fingerprint density at radius 1 is 1.13 bits per heavy atom. The molecule has 1 aromatic rings. The highest BCUT2D eigenvalue weighted by Crippen LogP contribution is 2.27. The Labute approximate surface area is 90.2 Å². The molecule has 15 heavy (non-hydrogen) atoms. The molecule has 0 unspecified atom stereocenters. The topological polar surface area (TPSA) is 81.2 Å². The number of nitrogens with one attached hydrogen (secondary N) is 1. The third-order valence-corrected chi connectivity index (χ3v) is 2.81. The first-order valence-corrected chi connectivity index (χ1v) is 6.18. The summed E-state index contributed by atoms with van der Waals surface area (Å²) in [7, 11) is -4.67. The van der Waals surface area contributed by atoms with Crippen LogP contribution in [0, 0.1) is 0 Å². The molecule has 0 radical (unpaired) electrons. The molecule has 5 heteroatoms. The van der Waals surface area contributed by atoms with Crippen molar-refractivity contribution in [3.8, 4) is 0 Å². The van der Waals surface area contributed by atoms with E-state index in [-0.39, 0.29) is 0 Å². The molecule has 0 atom stereocenters. The minimum atomic E-state index is -4.67. The molecule has 0 heterocycles. The summed E-state index contributed by atoms with van der Waals surface area (Å²) < 4.78 is 0. The lowest BCUT2D eigenvalue weighted by molar-refractivity contribution is -0.433. The SMILES string of the molecule is CC(C)(Cc1ccccc1)N[P+]([O-])([O-])[O-]. The molecule has 0 aromatic heterocycles. The van der Waals surface area contributed by atoms with E-state index in [0.29, 0.717) is 6.42 Å². The van der Waals surface area contributed by atoms with Crippen LogP contribution in [0.3, 0.4) is 0 Å². The summed E-state index contributed by atoms with van der Waals surface area (Å²) >= 11 is 0. The lowest BCUT2D eigenvalue weighted by Crippen LogP contribution is -2.52. The van der Waals surface area contributed by atoms with Gasteiger partial charge in [0.05, 0.1) is 0 Å². The van der Waals surface area contributed by atoms with Crippen molar-refractivity contribution >= 4 is 8.09 Å². The fourth-order valence-corrected chi connectivity index (χ4v) is 2.34. The predicted molar refractivity (Wildman–Crippen MR) is 54.3 cm³/mol. The highest BCUT2D eigenvalue weighted by atomic mass is 31.2. The smallest absolute Gasteiger partial charge is 0.0498 e. The maximum atomic E-state index is 10.6. The van der Waals surface area contributed by atoms with Crippen LogP contribution in [0.4, 0.5) is 0 Å². The van der Waals surface area contributed by atoms with E-state index in [0.717, 1.165) is 5.56 Å². The van der Waals surface area contributed by atoms with Gasteiger partial charge in [0.2, 0.25) is 0 Å². The molecule has 84 valence electrons. The summed E-state index contributed by atoms with van der Waals surface area (Å²) in [5, 5.41) is 2.09. The van der Waals surface area contributed by atoms with Gasteiger partial charge in [-0.2, -0.15) is 0 Å². The van der Waals surface area contributed by atoms with Gasteiger partial charge < -0.3 is 14.7 Å². The highest BCUT2D eigenvalue weighted by molar-refractivity contribution is 7.52. The Balaban J connectivity index is 2.65. The van der Waals surface area contributed by atoms with E-state index in [1.807, 2.05) is 30.3 Å². The zero-order valence-electron chi connectivity index (χ0n) is 8.77. The second-order valence-electron chi connectivity index (χ2n) is 4.16. The predicted octanol–water partition coefficient (Wildman–Crippen LogP) is -0.644. The van der Waals surface area contributed by atoms with E-state index in [1.54, 1.807) is 13.8 Å². The van der Waals surface area contributed by atoms with Gasteiger partial charge in [-0.1, -0.05) is 38.4 Å². The van der Waals surface area contributed by atoms with Gasteiger partial charge in [-0.3, -0.25) is 0 Å². The molecule has 1 rings (SSSR count). The molecule has 0 spiro atoms. The molecule has 0 saturated heterocycles.